The van der Waals surface area contributed by atoms with E-state index in [1.54, 1.807) is 0 Å². The number of ether oxygens (including phenoxy) is 1. The fourth-order valence-electron chi connectivity index (χ4n) is 4.14. The van der Waals surface area contributed by atoms with Gasteiger partial charge in [-0.25, -0.2) is 0 Å². The van der Waals surface area contributed by atoms with Crippen LogP contribution in [0.25, 0.3) is 0 Å². The molecule has 3 rings (SSSR count). The molecule has 2 heterocycles. The largest absolute Gasteiger partial charge is 0.379 e. The van der Waals surface area contributed by atoms with E-state index in [2.05, 4.69) is 10.2 Å². The Labute approximate surface area is 160 Å². The number of ketones is 1. The van der Waals surface area contributed by atoms with E-state index in [9.17, 15) is 9.59 Å². The van der Waals surface area contributed by atoms with E-state index in [4.69, 9.17) is 4.74 Å². The Hall–Kier alpha value is -1.24. The van der Waals surface area contributed by atoms with Crippen LogP contribution in [0.1, 0.15) is 59.5 Å². The van der Waals surface area contributed by atoms with Crippen molar-refractivity contribution in [1.82, 2.24) is 10.2 Å². The number of carbonyl (C=O) groups excluding carboxylic acids is 2. The second kappa shape index (κ2) is 9.11. The molecule has 1 aromatic rings. The third-order valence-electron chi connectivity index (χ3n) is 5.68. The van der Waals surface area contributed by atoms with Gasteiger partial charge in [-0.1, -0.05) is 19.3 Å². The molecule has 1 aromatic heterocycles. The summed E-state index contributed by atoms with van der Waals surface area (Å²) >= 11 is 1.50. The Morgan fingerprint density at radius 1 is 1.15 bits per heavy atom. The maximum atomic E-state index is 12.3. The van der Waals surface area contributed by atoms with Gasteiger partial charge in [0.15, 0.2) is 5.78 Å². The lowest BCUT2D eigenvalue weighted by Crippen LogP contribution is -2.59. The van der Waals surface area contributed by atoms with Crippen molar-refractivity contribution < 1.29 is 14.3 Å². The summed E-state index contributed by atoms with van der Waals surface area (Å²) in [7, 11) is 0. The maximum Gasteiger partial charge on any atom is 0.220 e. The number of amides is 1. The van der Waals surface area contributed by atoms with Crippen LogP contribution in [-0.2, 0) is 9.53 Å². The molecular formula is C20H30N2O3S. The highest BCUT2D eigenvalue weighted by Crippen LogP contribution is 2.33. The lowest BCUT2D eigenvalue weighted by atomic mass is 9.79. The quantitative estimate of drug-likeness (QED) is 0.741. The van der Waals surface area contributed by atoms with Crippen molar-refractivity contribution in [3.63, 3.8) is 0 Å². The molecule has 26 heavy (non-hydrogen) atoms. The molecule has 0 atom stereocenters. The van der Waals surface area contributed by atoms with Gasteiger partial charge in [-0.05, 0) is 31.9 Å². The predicted octanol–water partition coefficient (Wildman–Crippen LogP) is 3.17. The molecule has 2 fully saturated rings. The lowest BCUT2D eigenvalue weighted by Gasteiger charge is -2.48. The van der Waals surface area contributed by atoms with E-state index in [1.165, 1.54) is 30.6 Å². The zero-order chi connectivity index (χ0) is 18.4. The molecule has 144 valence electrons. The maximum absolute atomic E-state index is 12.3. The van der Waals surface area contributed by atoms with Crippen LogP contribution in [0.5, 0.6) is 0 Å². The number of aryl methyl sites for hydroxylation is 1. The van der Waals surface area contributed by atoms with E-state index in [1.807, 2.05) is 19.1 Å². The lowest BCUT2D eigenvalue weighted by molar-refractivity contribution is -0.122. The van der Waals surface area contributed by atoms with Crippen LogP contribution in [0.4, 0.5) is 0 Å². The number of hydrogen-bond donors (Lipinski definition) is 1. The van der Waals surface area contributed by atoms with E-state index in [0.717, 1.165) is 48.9 Å². The van der Waals surface area contributed by atoms with Gasteiger partial charge in [0, 0.05) is 42.9 Å². The fourth-order valence-corrected chi connectivity index (χ4v) is 4.97. The van der Waals surface area contributed by atoms with Crippen LogP contribution in [0.2, 0.25) is 0 Å². The number of nitrogens with one attached hydrogen (secondary N) is 1. The highest BCUT2D eigenvalue weighted by Gasteiger charge is 2.38. The van der Waals surface area contributed by atoms with Crippen molar-refractivity contribution in [3.05, 3.63) is 21.9 Å². The second-order valence-electron chi connectivity index (χ2n) is 7.49. The van der Waals surface area contributed by atoms with Gasteiger partial charge in [-0.2, -0.15) is 0 Å². The first kappa shape index (κ1) is 19.5. The van der Waals surface area contributed by atoms with Crippen LogP contribution in [0.15, 0.2) is 12.1 Å². The van der Waals surface area contributed by atoms with E-state index in [-0.39, 0.29) is 30.1 Å². The van der Waals surface area contributed by atoms with Gasteiger partial charge in [-0.15, -0.1) is 11.3 Å². The first-order valence-electron chi connectivity index (χ1n) is 9.78. The summed E-state index contributed by atoms with van der Waals surface area (Å²) in [4.78, 5) is 28.9. The molecule has 1 amide bonds. The van der Waals surface area contributed by atoms with Crippen LogP contribution in [0.3, 0.4) is 0 Å². The van der Waals surface area contributed by atoms with Crippen molar-refractivity contribution in [2.45, 2.75) is 57.4 Å². The van der Waals surface area contributed by atoms with Gasteiger partial charge in [-0.3, -0.25) is 14.5 Å². The molecule has 1 N–H and O–H groups in total. The fraction of sp³-hybridized carbons (Fsp3) is 0.700. The van der Waals surface area contributed by atoms with Crippen molar-refractivity contribution in [1.29, 1.82) is 0 Å². The first-order valence-corrected chi connectivity index (χ1v) is 10.6. The average molecular weight is 379 g/mol. The van der Waals surface area contributed by atoms with Crippen molar-refractivity contribution in [3.8, 4) is 0 Å². The van der Waals surface area contributed by atoms with Crippen LogP contribution in [0, 0.1) is 6.92 Å². The molecule has 2 aliphatic rings. The molecule has 1 aliphatic carbocycles. The van der Waals surface area contributed by atoms with Crippen molar-refractivity contribution in [2.24, 2.45) is 0 Å². The third kappa shape index (κ3) is 4.93. The van der Waals surface area contributed by atoms with Crippen molar-refractivity contribution >= 4 is 23.0 Å². The molecular weight excluding hydrogens is 348 g/mol. The monoisotopic (exact) mass is 378 g/mol. The number of morpholine rings is 1. The summed E-state index contributed by atoms with van der Waals surface area (Å²) in [5.74, 6) is 0.0589. The Morgan fingerprint density at radius 3 is 2.54 bits per heavy atom. The van der Waals surface area contributed by atoms with Gasteiger partial charge in [0.2, 0.25) is 5.91 Å². The summed E-state index contributed by atoms with van der Waals surface area (Å²) in [6.07, 6.45) is 6.58. The molecule has 0 spiro atoms. The number of Topliss-reactive ketones (excluding diaryl/α,β-unsaturated/α-hetero) is 1. The highest BCUT2D eigenvalue weighted by molar-refractivity contribution is 7.14. The molecule has 0 radical (unpaired) electrons. The van der Waals surface area contributed by atoms with Crippen LogP contribution < -0.4 is 5.32 Å². The molecule has 6 heteroatoms. The summed E-state index contributed by atoms with van der Waals surface area (Å²) in [6.45, 7) is 6.15. The summed E-state index contributed by atoms with van der Waals surface area (Å²) in [5, 5.41) is 3.13. The summed E-state index contributed by atoms with van der Waals surface area (Å²) in [6, 6.07) is 3.81. The molecule has 0 aromatic carbocycles. The molecule has 5 nitrogen and oxygen atoms in total. The van der Waals surface area contributed by atoms with Crippen molar-refractivity contribution in [2.75, 3.05) is 32.8 Å². The normalized spacial score (nSPS) is 20.7. The molecule has 0 bridgehead atoms. The second-order valence-corrected chi connectivity index (χ2v) is 8.78. The summed E-state index contributed by atoms with van der Waals surface area (Å²) in [5.41, 5.74) is 0.0760. The predicted molar refractivity (Wildman–Crippen MR) is 104 cm³/mol. The van der Waals surface area contributed by atoms with Gasteiger partial charge in [0.1, 0.15) is 0 Å². The van der Waals surface area contributed by atoms with Crippen LogP contribution in [-0.4, -0.2) is 55.0 Å². The number of rotatable bonds is 7. The van der Waals surface area contributed by atoms with Crippen LogP contribution >= 0.6 is 11.3 Å². The minimum absolute atomic E-state index is 0.00941. The van der Waals surface area contributed by atoms with E-state index in [0.29, 0.717) is 6.54 Å². The smallest absolute Gasteiger partial charge is 0.220 e. The number of hydrogen-bond acceptors (Lipinski definition) is 5. The standard InChI is InChI=1S/C20H30N2O3S/c1-16-5-7-18(26-16)17(23)6-8-19(24)21-15-20(9-3-2-4-10-20)22-11-13-25-14-12-22/h5,7H,2-4,6,8-15H2,1H3,(H,21,24). The number of thiophene rings is 1. The molecule has 1 saturated carbocycles. The minimum atomic E-state index is -0.00941. The Balaban J connectivity index is 1.50. The average Bonchev–Trinajstić information content (AvgIpc) is 3.12. The Morgan fingerprint density at radius 2 is 1.88 bits per heavy atom. The minimum Gasteiger partial charge on any atom is -0.379 e. The van der Waals surface area contributed by atoms with Gasteiger partial charge in [0.05, 0.1) is 18.1 Å². The van der Waals surface area contributed by atoms with Gasteiger partial charge in [0.25, 0.3) is 0 Å². The molecule has 0 unspecified atom stereocenters. The van der Waals surface area contributed by atoms with Gasteiger partial charge >= 0.3 is 0 Å². The zero-order valence-corrected chi connectivity index (χ0v) is 16.5. The van der Waals surface area contributed by atoms with E-state index < -0.39 is 0 Å². The number of nitrogens with zero attached hydrogens (tertiary/aromatic N) is 1. The van der Waals surface area contributed by atoms with E-state index >= 15 is 0 Å². The molecule has 1 saturated heterocycles. The Kier molecular flexibility index (Phi) is 6.84. The topological polar surface area (TPSA) is 58.6 Å². The Bertz CT molecular complexity index is 616. The zero-order valence-electron chi connectivity index (χ0n) is 15.7. The first-order chi connectivity index (χ1) is 12.6. The molecule has 1 aliphatic heterocycles. The van der Waals surface area contributed by atoms with Gasteiger partial charge < -0.3 is 10.1 Å². The third-order valence-corrected chi connectivity index (χ3v) is 6.72. The summed E-state index contributed by atoms with van der Waals surface area (Å²) < 4.78 is 5.50. The SMILES string of the molecule is Cc1ccc(C(=O)CCC(=O)NCC2(N3CCOCC3)CCCCC2)s1. The highest BCUT2D eigenvalue weighted by atomic mass is 32.1. The number of carbonyl (C=O) groups is 2.